The van der Waals surface area contributed by atoms with Crippen molar-refractivity contribution in [2.75, 3.05) is 18.1 Å². The van der Waals surface area contributed by atoms with Gasteiger partial charge < -0.3 is 14.6 Å². The number of ether oxygens (including phenoxy) is 2. The molecule has 5 heteroatoms. The molecule has 0 aromatic heterocycles. The van der Waals surface area contributed by atoms with Gasteiger partial charge in [-0.2, -0.15) is 0 Å². The van der Waals surface area contributed by atoms with E-state index in [1.165, 1.54) is 11.1 Å². The van der Waals surface area contributed by atoms with E-state index in [0.29, 0.717) is 12.5 Å². The first kappa shape index (κ1) is 23.8. The summed E-state index contributed by atoms with van der Waals surface area (Å²) in [7, 11) is 0. The van der Waals surface area contributed by atoms with Gasteiger partial charge in [-0.1, -0.05) is 58.0 Å². The summed E-state index contributed by atoms with van der Waals surface area (Å²) in [5.41, 5.74) is 6.83. The van der Waals surface area contributed by atoms with E-state index >= 15 is 0 Å². The number of nitrogens with zero attached hydrogens (tertiary/aromatic N) is 2. The summed E-state index contributed by atoms with van der Waals surface area (Å²) in [5.74, 6) is 2.79. The largest absolute Gasteiger partial charge is 0.495 e. The van der Waals surface area contributed by atoms with Gasteiger partial charge in [0.15, 0.2) is 6.23 Å². The van der Waals surface area contributed by atoms with Crippen molar-refractivity contribution < 1.29 is 14.6 Å². The zero-order valence-electron chi connectivity index (χ0n) is 21.4. The lowest BCUT2D eigenvalue weighted by atomic mass is 9.80. The van der Waals surface area contributed by atoms with Crippen molar-refractivity contribution in [3.8, 4) is 0 Å². The lowest BCUT2D eigenvalue weighted by molar-refractivity contribution is 0.118. The molecule has 3 aliphatic rings. The van der Waals surface area contributed by atoms with E-state index in [9.17, 15) is 5.11 Å². The molecular formula is C30H36N2O3. The number of aliphatic imine (C=N–C) groups is 1. The Hall–Kier alpha value is -2.89. The second-order valence-electron chi connectivity index (χ2n) is 10.0. The molecule has 0 saturated carbocycles. The number of aliphatic hydroxyl groups is 1. The summed E-state index contributed by atoms with van der Waals surface area (Å²) in [6, 6.07) is 17.2. The maximum absolute atomic E-state index is 9.28. The first-order valence-electron chi connectivity index (χ1n) is 12.8. The predicted molar refractivity (Wildman–Crippen MR) is 141 cm³/mol. The smallest absolute Gasteiger partial charge is 0.167 e. The fraction of sp³-hybridized carbons (Fsp3) is 0.433. The molecule has 1 aliphatic carbocycles. The van der Waals surface area contributed by atoms with Crippen molar-refractivity contribution in [1.29, 1.82) is 0 Å². The monoisotopic (exact) mass is 472 g/mol. The fourth-order valence-corrected chi connectivity index (χ4v) is 5.28. The average molecular weight is 473 g/mol. The topological polar surface area (TPSA) is 57.6 Å². The van der Waals surface area contributed by atoms with Crippen LogP contribution in [0.15, 0.2) is 76.5 Å². The highest BCUT2D eigenvalue weighted by atomic mass is 16.6. The van der Waals surface area contributed by atoms with Crippen LogP contribution in [0.25, 0.3) is 0 Å². The number of hydrogen-bond acceptors (Lipinski definition) is 5. The minimum atomic E-state index is -0.0772. The number of amidine groups is 1. The molecule has 5 atom stereocenters. The van der Waals surface area contributed by atoms with Gasteiger partial charge in [-0.15, -0.1) is 0 Å². The molecule has 0 bridgehead atoms. The van der Waals surface area contributed by atoms with Crippen LogP contribution < -0.4 is 4.90 Å². The van der Waals surface area contributed by atoms with Gasteiger partial charge in [-0.3, -0.25) is 4.90 Å². The third-order valence-electron chi connectivity index (χ3n) is 7.80. The Bertz CT molecular complexity index is 1180. The number of fused-ring (bicyclic) bond motifs is 3. The quantitative estimate of drug-likeness (QED) is 0.459. The number of epoxide rings is 1. The van der Waals surface area contributed by atoms with Crippen LogP contribution in [0.5, 0.6) is 0 Å². The van der Waals surface area contributed by atoms with Crippen molar-refractivity contribution >= 4 is 17.2 Å². The van der Waals surface area contributed by atoms with Crippen molar-refractivity contribution in [2.45, 2.75) is 59.3 Å². The summed E-state index contributed by atoms with van der Waals surface area (Å²) in [6.45, 7) is 11.3. The Kier molecular flexibility index (Phi) is 6.56. The highest BCUT2D eigenvalue weighted by Crippen LogP contribution is 2.50. The average Bonchev–Trinajstić information content (AvgIpc) is 3.67. The third-order valence-corrected chi connectivity index (χ3v) is 7.80. The normalized spacial score (nSPS) is 26.3. The Morgan fingerprint density at radius 3 is 2.54 bits per heavy atom. The molecular weight excluding hydrogens is 436 g/mol. The summed E-state index contributed by atoms with van der Waals surface area (Å²) >= 11 is 0. The SMILES string of the molecule is CCC(C)c1ccc(N2C(C3=CC(C)=C(OCCO)C(C)C3C)=Nc3ccccc3C3OC32)cc1. The van der Waals surface area contributed by atoms with Crippen molar-refractivity contribution in [3.63, 3.8) is 0 Å². The van der Waals surface area contributed by atoms with E-state index < -0.39 is 0 Å². The van der Waals surface area contributed by atoms with E-state index in [0.717, 1.165) is 40.5 Å². The van der Waals surface area contributed by atoms with Crippen LogP contribution in [-0.4, -0.2) is 30.4 Å². The van der Waals surface area contributed by atoms with Gasteiger partial charge in [0, 0.05) is 17.2 Å². The Morgan fingerprint density at radius 1 is 1.09 bits per heavy atom. The van der Waals surface area contributed by atoms with E-state index in [-0.39, 0.29) is 30.8 Å². The second kappa shape index (κ2) is 9.63. The third kappa shape index (κ3) is 4.32. The first-order valence-corrected chi connectivity index (χ1v) is 12.8. The van der Waals surface area contributed by atoms with Crippen LogP contribution in [0.3, 0.4) is 0 Å². The molecule has 5 rings (SSSR count). The second-order valence-corrected chi connectivity index (χ2v) is 10.0. The lowest BCUT2D eigenvalue weighted by Crippen LogP contribution is -2.38. The van der Waals surface area contributed by atoms with Gasteiger partial charge >= 0.3 is 0 Å². The summed E-state index contributed by atoms with van der Waals surface area (Å²) in [4.78, 5) is 7.56. The fourth-order valence-electron chi connectivity index (χ4n) is 5.28. The number of allylic oxidation sites excluding steroid dienone is 3. The Morgan fingerprint density at radius 2 is 1.83 bits per heavy atom. The van der Waals surface area contributed by atoms with Gasteiger partial charge in [-0.05, 0) is 66.2 Å². The van der Waals surface area contributed by atoms with Crippen LogP contribution in [0.2, 0.25) is 0 Å². The Labute approximate surface area is 208 Å². The molecule has 2 heterocycles. The molecule has 184 valence electrons. The zero-order chi connectivity index (χ0) is 24.7. The highest BCUT2D eigenvalue weighted by Gasteiger charge is 2.50. The highest BCUT2D eigenvalue weighted by molar-refractivity contribution is 6.12. The molecule has 5 unspecified atom stereocenters. The van der Waals surface area contributed by atoms with Crippen molar-refractivity contribution in [1.82, 2.24) is 0 Å². The minimum Gasteiger partial charge on any atom is -0.495 e. The maximum atomic E-state index is 9.28. The molecule has 1 fully saturated rings. The zero-order valence-corrected chi connectivity index (χ0v) is 21.4. The van der Waals surface area contributed by atoms with Gasteiger partial charge in [0.1, 0.15) is 24.3 Å². The van der Waals surface area contributed by atoms with Crippen LogP contribution in [0, 0.1) is 11.8 Å². The molecule has 2 aliphatic heterocycles. The van der Waals surface area contributed by atoms with Crippen LogP contribution in [-0.2, 0) is 9.47 Å². The van der Waals surface area contributed by atoms with Gasteiger partial charge in [-0.25, -0.2) is 4.99 Å². The molecule has 1 N–H and O–H groups in total. The molecule has 2 aromatic rings. The Balaban J connectivity index is 1.62. The number of para-hydroxylation sites is 1. The number of anilines is 1. The van der Waals surface area contributed by atoms with E-state index in [1.54, 1.807) is 0 Å². The number of rotatable bonds is 7. The molecule has 1 saturated heterocycles. The van der Waals surface area contributed by atoms with Gasteiger partial charge in [0.05, 0.1) is 12.3 Å². The van der Waals surface area contributed by atoms with Crippen LogP contribution in [0.1, 0.15) is 64.2 Å². The maximum Gasteiger partial charge on any atom is 0.167 e. The van der Waals surface area contributed by atoms with Crippen molar-refractivity contribution in [3.05, 3.63) is 82.6 Å². The summed E-state index contributed by atoms with van der Waals surface area (Å²) in [6.07, 6.45) is 3.26. The predicted octanol–water partition coefficient (Wildman–Crippen LogP) is 6.64. The van der Waals surface area contributed by atoms with Crippen LogP contribution in [0.4, 0.5) is 11.4 Å². The first-order chi connectivity index (χ1) is 16.9. The minimum absolute atomic E-state index is 0.0127. The molecule has 35 heavy (non-hydrogen) atoms. The summed E-state index contributed by atoms with van der Waals surface area (Å²) < 4.78 is 12.2. The molecule has 0 spiro atoms. The lowest BCUT2D eigenvalue weighted by Gasteiger charge is -2.34. The van der Waals surface area contributed by atoms with Crippen LogP contribution >= 0.6 is 0 Å². The van der Waals surface area contributed by atoms with E-state index in [2.05, 4.69) is 88.1 Å². The number of aliphatic hydroxyl groups excluding tert-OH is 1. The van der Waals surface area contributed by atoms with Gasteiger partial charge in [0.2, 0.25) is 0 Å². The van der Waals surface area contributed by atoms with E-state index in [4.69, 9.17) is 14.5 Å². The van der Waals surface area contributed by atoms with E-state index in [1.807, 2.05) is 6.07 Å². The molecule has 0 radical (unpaired) electrons. The van der Waals surface area contributed by atoms with Gasteiger partial charge in [0.25, 0.3) is 0 Å². The molecule has 0 amide bonds. The number of benzene rings is 2. The molecule has 5 nitrogen and oxygen atoms in total. The standard InChI is InChI=1S/C30H36N2O3/c1-6-18(2)22-11-13-23(14-12-22)32-29(31-26-10-8-7-9-24(26)28-30(32)35-28)25-17-19(3)27(34-16-15-33)21(5)20(25)4/h7-14,17-18,20-21,28,30,33H,6,15-16H2,1-5H3. The summed E-state index contributed by atoms with van der Waals surface area (Å²) in [5, 5.41) is 9.28. The number of hydrogen-bond donors (Lipinski definition) is 1. The van der Waals surface area contributed by atoms with Crippen molar-refractivity contribution in [2.24, 2.45) is 16.8 Å². The molecule has 2 aromatic carbocycles.